The van der Waals surface area contributed by atoms with Crippen LogP contribution < -0.4 is 0 Å². The molecule has 0 amide bonds. The Morgan fingerprint density at radius 1 is 0.667 bits per heavy atom. The van der Waals surface area contributed by atoms with Gasteiger partial charge in [-0.1, -0.05) is 0 Å². The zero-order valence-electron chi connectivity index (χ0n) is 11.0. The van der Waals surface area contributed by atoms with Crippen LogP contribution in [0.2, 0.25) is 0 Å². The molecule has 104 valence electrons. The molecule has 0 radical (unpaired) electrons. The summed E-state index contributed by atoms with van der Waals surface area (Å²) in [6, 6.07) is 0. The van der Waals surface area contributed by atoms with Crippen LogP contribution in [-0.2, 0) is 18.9 Å². The molecule has 0 bridgehead atoms. The topological polar surface area (TPSA) is 43.5 Å². The molecule has 0 N–H and O–H groups in total. The van der Waals surface area contributed by atoms with Crippen LogP contribution in [0, 0.1) is 11.8 Å². The first-order valence-electron chi connectivity index (χ1n) is 7.29. The number of epoxide rings is 2. The standard InChI is InChI=1S/C14H24O4/c1-2-12(6-16-8-14-10-18-14)4-3-11(1)5-15-7-13-9-17-13/h11-14H,1-10H2/t11-,12+,13?,14?. The Labute approximate surface area is 109 Å². The van der Waals surface area contributed by atoms with E-state index in [1.165, 1.54) is 25.7 Å². The molecular formula is C14H24O4. The van der Waals surface area contributed by atoms with Gasteiger partial charge in [-0.05, 0) is 37.5 Å². The Kier molecular flexibility index (Phi) is 4.52. The number of ether oxygens (including phenoxy) is 4. The average Bonchev–Trinajstić information content (AvgIpc) is 3.25. The van der Waals surface area contributed by atoms with Crippen LogP contribution in [0.4, 0.5) is 0 Å². The fourth-order valence-corrected chi connectivity index (χ4v) is 2.63. The first kappa shape index (κ1) is 12.9. The Morgan fingerprint density at radius 3 is 1.39 bits per heavy atom. The molecule has 2 saturated heterocycles. The summed E-state index contributed by atoms with van der Waals surface area (Å²) in [6.45, 7) is 5.23. The van der Waals surface area contributed by atoms with Crippen LogP contribution in [0.15, 0.2) is 0 Å². The SMILES string of the molecule is C(OC[C@H]1CC[C@@H](COCC2CO2)CC1)C1CO1. The second kappa shape index (κ2) is 6.33. The van der Waals surface area contributed by atoms with Crippen molar-refractivity contribution in [1.29, 1.82) is 0 Å². The van der Waals surface area contributed by atoms with Gasteiger partial charge in [0.25, 0.3) is 0 Å². The van der Waals surface area contributed by atoms with Crippen molar-refractivity contribution < 1.29 is 18.9 Å². The minimum atomic E-state index is 0.402. The predicted molar refractivity (Wildman–Crippen MR) is 66.6 cm³/mol. The van der Waals surface area contributed by atoms with Gasteiger partial charge < -0.3 is 18.9 Å². The summed E-state index contributed by atoms with van der Waals surface area (Å²) in [6.07, 6.45) is 5.97. The van der Waals surface area contributed by atoms with Crippen molar-refractivity contribution in [2.75, 3.05) is 39.6 Å². The van der Waals surface area contributed by atoms with Gasteiger partial charge in [-0.3, -0.25) is 0 Å². The molecule has 0 aromatic carbocycles. The molecule has 2 aliphatic heterocycles. The molecule has 2 heterocycles. The molecule has 3 aliphatic rings. The molecule has 2 unspecified atom stereocenters. The van der Waals surface area contributed by atoms with E-state index in [0.29, 0.717) is 12.2 Å². The third-order valence-electron chi connectivity index (χ3n) is 4.09. The number of rotatable bonds is 8. The summed E-state index contributed by atoms with van der Waals surface area (Å²) in [5.41, 5.74) is 0. The number of hydrogen-bond donors (Lipinski definition) is 0. The van der Waals surface area contributed by atoms with Gasteiger partial charge in [-0.25, -0.2) is 0 Å². The predicted octanol–water partition coefficient (Wildman–Crippen LogP) is 1.62. The van der Waals surface area contributed by atoms with Crippen molar-refractivity contribution in [2.45, 2.75) is 37.9 Å². The third-order valence-corrected chi connectivity index (χ3v) is 4.09. The third kappa shape index (κ3) is 4.50. The zero-order chi connectivity index (χ0) is 12.2. The van der Waals surface area contributed by atoms with E-state index in [0.717, 1.165) is 51.5 Å². The van der Waals surface area contributed by atoms with Gasteiger partial charge in [0.15, 0.2) is 0 Å². The second-order valence-corrected chi connectivity index (χ2v) is 5.87. The van der Waals surface area contributed by atoms with E-state index in [9.17, 15) is 0 Å². The summed E-state index contributed by atoms with van der Waals surface area (Å²) in [7, 11) is 0. The van der Waals surface area contributed by atoms with Crippen LogP contribution >= 0.6 is 0 Å². The lowest BCUT2D eigenvalue weighted by atomic mass is 9.83. The molecule has 3 fully saturated rings. The summed E-state index contributed by atoms with van der Waals surface area (Å²) < 4.78 is 21.6. The number of hydrogen-bond acceptors (Lipinski definition) is 4. The van der Waals surface area contributed by atoms with Gasteiger partial charge in [0.2, 0.25) is 0 Å². The van der Waals surface area contributed by atoms with Gasteiger partial charge in [-0.2, -0.15) is 0 Å². The van der Waals surface area contributed by atoms with Gasteiger partial charge >= 0.3 is 0 Å². The van der Waals surface area contributed by atoms with Crippen LogP contribution in [0.1, 0.15) is 25.7 Å². The smallest absolute Gasteiger partial charge is 0.104 e. The molecule has 18 heavy (non-hydrogen) atoms. The summed E-state index contributed by atoms with van der Waals surface area (Å²) in [4.78, 5) is 0. The summed E-state index contributed by atoms with van der Waals surface area (Å²) >= 11 is 0. The van der Waals surface area contributed by atoms with Crippen molar-refractivity contribution >= 4 is 0 Å². The highest BCUT2D eigenvalue weighted by Gasteiger charge is 2.26. The van der Waals surface area contributed by atoms with Crippen molar-refractivity contribution in [3.8, 4) is 0 Å². The molecule has 2 atom stereocenters. The van der Waals surface area contributed by atoms with E-state index in [1.807, 2.05) is 0 Å². The van der Waals surface area contributed by atoms with E-state index in [2.05, 4.69) is 0 Å². The van der Waals surface area contributed by atoms with Crippen molar-refractivity contribution in [3.05, 3.63) is 0 Å². The Balaban J connectivity index is 1.21. The van der Waals surface area contributed by atoms with Crippen LogP contribution in [-0.4, -0.2) is 51.8 Å². The van der Waals surface area contributed by atoms with Crippen LogP contribution in [0.5, 0.6) is 0 Å². The molecule has 1 saturated carbocycles. The van der Waals surface area contributed by atoms with Gasteiger partial charge in [-0.15, -0.1) is 0 Å². The van der Waals surface area contributed by atoms with Gasteiger partial charge in [0, 0.05) is 13.2 Å². The van der Waals surface area contributed by atoms with Crippen molar-refractivity contribution in [3.63, 3.8) is 0 Å². The maximum atomic E-state index is 5.68. The quantitative estimate of drug-likeness (QED) is 0.619. The maximum Gasteiger partial charge on any atom is 0.104 e. The monoisotopic (exact) mass is 256 g/mol. The fourth-order valence-electron chi connectivity index (χ4n) is 2.63. The molecule has 1 aliphatic carbocycles. The van der Waals surface area contributed by atoms with Gasteiger partial charge in [0.05, 0.1) is 26.4 Å². The van der Waals surface area contributed by atoms with E-state index in [-0.39, 0.29) is 0 Å². The molecular weight excluding hydrogens is 232 g/mol. The first-order valence-corrected chi connectivity index (χ1v) is 7.29. The van der Waals surface area contributed by atoms with E-state index in [1.54, 1.807) is 0 Å². The maximum absolute atomic E-state index is 5.68. The highest BCUT2D eigenvalue weighted by molar-refractivity contribution is 4.74. The molecule has 4 heteroatoms. The molecule has 3 rings (SSSR count). The largest absolute Gasteiger partial charge is 0.378 e. The Bertz CT molecular complexity index is 216. The normalized spacial score (nSPS) is 38.7. The minimum Gasteiger partial charge on any atom is -0.378 e. The highest BCUT2D eigenvalue weighted by Crippen LogP contribution is 2.29. The lowest BCUT2D eigenvalue weighted by Gasteiger charge is -2.28. The van der Waals surface area contributed by atoms with Crippen LogP contribution in [0.25, 0.3) is 0 Å². The van der Waals surface area contributed by atoms with E-state index < -0.39 is 0 Å². The Hall–Kier alpha value is -0.160. The van der Waals surface area contributed by atoms with Crippen molar-refractivity contribution in [2.24, 2.45) is 11.8 Å². The summed E-state index contributed by atoms with van der Waals surface area (Å²) in [5, 5.41) is 0. The van der Waals surface area contributed by atoms with Gasteiger partial charge in [0.1, 0.15) is 12.2 Å². The Morgan fingerprint density at radius 2 is 1.06 bits per heavy atom. The fraction of sp³-hybridized carbons (Fsp3) is 1.00. The highest BCUT2D eigenvalue weighted by atomic mass is 16.6. The molecule has 0 aromatic rings. The van der Waals surface area contributed by atoms with E-state index in [4.69, 9.17) is 18.9 Å². The molecule has 0 aromatic heterocycles. The molecule has 4 nitrogen and oxygen atoms in total. The second-order valence-electron chi connectivity index (χ2n) is 5.87. The lowest BCUT2D eigenvalue weighted by Crippen LogP contribution is -2.23. The van der Waals surface area contributed by atoms with Crippen molar-refractivity contribution in [1.82, 2.24) is 0 Å². The van der Waals surface area contributed by atoms with E-state index >= 15 is 0 Å². The average molecular weight is 256 g/mol. The summed E-state index contributed by atoms with van der Waals surface area (Å²) in [5.74, 6) is 1.51. The first-order chi connectivity index (χ1) is 8.90. The zero-order valence-corrected chi connectivity index (χ0v) is 11.0. The lowest BCUT2D eigenvalue weighted by molar-refractivity contribution is 0.0415. The molecule has 0 spiro atoms. The van der Waals surface area contributed by atoms with Crippen LogP contribution in [0.3, 0.4) is 0 Å². The minimum absolute atomic E-state index is 0.402.